The van der Waals surface area contributed by atoms with Crippen molar-refractivity contribution in [3.05, 3.63) is 51.7 Å². The maximum Gasteiger partial charge on any atom is 0.255 e. The first-order valence-corrected chi connectivity index (χ1v) is 7.27. The third kappa shape index (κ3) is 4.06. The van der Waals surface area contributed by atoms with E-state index in [-0.39, 0.29) is 12.5 Å². The lowest BCUT2D eigenvalue weighted by molar-refractivity contribution is -0.119. The number of thiophene rings is 1. The Morgan fingerprint density at radius 2 is 2.05 bits per heavy atom. The number of amides is 2. The van der Waals surface area contributed by atoms with Gasteiger partial charge in [0.25, 0.3) is 11.8 Å². The van der Waals surface area contributed by atoms with Crippen LogP contribution in [0, 0.1) is 6.92 Å². The SMILES string of the molecule is Cc1ccsc1CNC(=O)c1ccccc1OCC(N)=O. The quantitative estimate of drug-likeness (QED) is 0.854. The minimum atomic E-state index is -0.584. The number of benzene rings is 1. The topological polar surface area (TPSA) is 81.4 Å². The Morgan fingerprint density at radius 1 is 1.29 bits per heavy atom. The molecule has 0 aliphatic rings. The van der Waals surface area contributed by atoms with Crippen LogP contribution >= 0.6 is 11.3 Å². The third-order valence-electron chi connectivity index (χ3n) is 2.88. The van der Waals surface area contributed by atoms with E-state index in [9.17, 15) is 9.59 Å². The van der Waals surface area contributed by atoms with E-state index in [1.54, 1.807) is 35.6 Å². The van der Waals surface area contributed by atoms with Gasteiger partial charge >= 0.3 is 0 Å². The van der Waals surface area contributed by atoms with Gasteiger partial charge in [0, 0.05) is 4.88 Å². The number of carbonyl (C=O) groups is 2. The molecule has 1 aromatic carbocycles. The molecule has 5 nitrogen and oxygen atoms in total. The molecule has 2 aromatic rings. The van der Waals surface area contributed by atoms with E-state index < -0.39 is 5.91 Å². The maximum absolute atomic E-state index is 12.2. The van der Waals surface area contributed by atoms with Gasteiger partial charge in [-0.2, -0.15) is 0 Å². The van der Waals surface area contributed by atoms with Gasteiger partial charge in [-0.25, -0.2) is 0 Å². The van der Waals surface area contributed by atoms with Gasteiger partial charge in [0.2, 0.25) is 0 Å². The summed E-state index contributed by atoms with van der Waals surface area (Å²) in [5.41, 5.74) is 6.58. The summed E-state index contributed by atoms with van der Waals surface area (Å²) < 4.78 is 5.25. The van der Waals surface area contributed by atoms with Crippen molar-refractivity contribution in [3.8, 4) is 5.75 Å². The molecule has 0 bridgehead atoms. The molecule has 1 heterocycles. The molecule has 3 N–H and O–H groups in total. The zero-order valence-electron chi connectivity index (χ0n) is 11.6. The van der Waals surface area contributed by atoms with Crippen LogP contribution in [-0.4, -0.2) is 18.4 Å². The molecule has 2 rings (SSSR count). The van der Waals surface area contributed by atoms with Crippen molar-refractivity contribution in [2.24, 2.45) is 5.73 Å². The predicted octanol–water partition coefficient (Wildman–Crippen LogP) is 1.85. The molecule has 110 valence electrons. The van der Waals surface area contributed by atoms with Crippen molar-refractivity contribution in [2.75, 3.05) is 6.61 Å². The largest absolute Gasteiger partial charge is 0.483 e. The second kappa shape index (κ2) is 6.90. The van der Waals surface area contributed by atoms with Gasteiger partial charge in [-0.1, -0.05) is 12.1 Å². The summed E-state index contributed by atoms with van der Waals surface area (Å²) in [5, 5.41) is 4.83. The summed E-state index contributed by atoms with van der Waals surface area (Å²) in [6.07, 6.45) is 0. The van der Waals surface area contributed by atoms with Crippen LogP contribution in [0.2, 0.25) is 0 Å². The summed E-state index contributed by atoms with van der Waals surface area (Å²) in [4.78, 5) is 24.1. The normalized spacial score (nSPS) is 10.1. The van der Waals surface area contributed by atoms with E-state index in [1.165, 1.54) is 0 Å². The van der Waals surface area contributed by atoms with Crippen LogP contribution in [0.3, 0.4) is 0 Å². The zero-order valence-corrected chi connectivity index (χ0v) is 12.4. The van der Waals surface area contributed by atoms with Crippen LogP contribution in [0.15, 0.2) is 35.7 Å². The summed E-state index contributed by atoms with van der Waals surface area (Å²) in [6, 6.07) is 8.76. The molecule has 0 unspecified atom stereocenters. The predicted molar refractivity (Wildman–Crippen MR) is 81.4 cm³/mol. The number of aryl methyl sites for hydroxylation is 1. The average molecular weight is 304 g/mol. The molecule has 0 radical (unpaired) electrons. The minimum absolute atomic E-state index is 0.247. The molecule has 0 aliphatic carbocycles. The van der Waals surface area contributed by atoms with E-state index in [1.807, 2.05) is 18.4 Å². The number of hydrogen-bond acceptors (Lipinski definition) is 4. The highest BCUT2D eigenvalue weighted by atomic mass is 32.1. The summed E-state index contributed by atoms with van der Waals surface area (Å²) in [6.45, 7) is 2.21. The van der Waals surface area contributed by atoms with Crippen molar-refractivity contribution in [2.45, 2.75) is 13.5 Å². The van der Waals surface area contributed by atoms with Crippen LogP contribution in [-0.2, 0) is 11.3 Å². The van der Waals surface area contributed by atoms with E-state index in [2.05, 4.69) is 5.32 Å². The molecule has 0 saturated carbocycles. The monoisotopic (exact) mass is 304 g/mol. The van der Waals surface area contributed by atoms with Gasteiger partial charge in [-0.05, 0) is 36.1 Å². The second-order valence-corrected chi connectivity index (χ2v) is 5.46. The van der Waals surface area contributed by atoms with E-state index >= 15 is 0 Å². The Kier molecular flexibility index (Phi) is 4.94. The van der Waals surface area contributed by atoms with E-state index in [0.29, 0.717) is 17.9 Å². The van der Waals surface area contributed by atoms with Crippen LogP contribution in [0.5, 0.6) is 5.75 Å². The molecule has 2 amide bonds. The first-order valence-electron chi connectivity index (χ1n) is 6.39. The fourth-order valence-corrected chi connectivity index (χ4v) is 2.62. The fraction of sp³-hybridized carbons (Fsp3) is 0.200. The van der Waals surface area contributed by atoms with Crippen LogP contribution in [0.4, 0.5) is 0 Å². The number of carbonyl (C=O) groups excluding carboxylic acids is 2. The lowest BCUT2D eigenvalue weighted by atomic mass is 10.2. The lowest BCUT2D eigenvalue weighted by Gasteiger charge is -2.10. The second-order valence-electron chi connectivity index (χ2n) is 4.46. The molecule has 6 heteroatoms. The zero-order chi connectivity index (χ0) is 15.2. The Labute approximate surface area is 126 Å². The highest BCUT2D eigenvalue weighted by Crippen LogP contribution is 2.19. The first-order chi connectivity index (χ1) is 10.1. The molecular formula is C15H16N2O3S. The Hall–Kier alpha value is -2.34. The van der Waals surface area contributed by atoms with Gasteiger partial charge in [-0.15, -0.1) is 11.3 Å². The average Bonchev–Trinajstić information content (AvgIpc) is 2.88. The van der Waals surface area contributed by atoms with Gasteiger partial charge in [0.15, 0.2) is 6.61 Å². The Bertz CT molecular complexity index is 652. The van der Waals surface area contributed by atoms with Crippen LogP contribution in [0.1, 0.15) is 20.8 Å². The van der Waals surface area contributed by atoms with Crippen LogP contribution in [0.25, 0.3) is 0 Å². The standard InChI is InChI=1S/C15H16N2O3S/c1-10-6-7-21-13(10)8-17-15(19)11-4-2-3-5-12(11)20-9-14(16)18/h2-7H,8-9H2,1H3,(H2,16,18)(H,17,19). The minimum Gasteiger partial charge on any atom is -0.483 e. The number of nitrogens with two attached hydrogens (primary N) is 1. The van der Waals surface area contributed by atoms with Gasteiger partial charge < -0.3 is 15.8 Å². The Balaban J connectivity index is 2.04. The fourth-order valence-electron chi connectivity index (χ4n) is 1.77. The van der Waals surface area contributed by atoms with Crippen molar-refractivity contribution < 1.29 is 14.3 Å². The molecule has 0 fully saturated rings. The third-order valence-corrected chi connectivity index (χ3v) is 3.90. The van der Waals surface area contributed by atoms with Gasteiger partial charge in [0.1, 0.15) is 5.75 Å². The van der Waals surface area contributed by atoms with Gasteiger partial charge in [-0.3, -0.25) is 9.59 Å². The molecule has 0 aliphatic heterocycles. The Morgan fingerprint density at radius 3 is 2.71 bits per heavy atom. The summed E-state index contributed by atoms with van der Waals surface area (Å²) in [5.74, 6) is -0.487. The lowest BCUT2D eigenvalue weighted by Crippen LogP contribution is -2.25. The van der Waals surface area contributed by atoms with Gasteiger partial charge in [0.05, 0.1) is 12.1 Å². The molecule has 0 saturated heterocycles. The smallest absolute Gasteiger partial charge is 0.255 e. The number of nitrogens with one attached hydrogen (secondary N) is 1. The summed E-state index contributed by atoms with van der Waals surface area (Å²) >= 11 is 1.60. The number of hydrogen-bond donors (Lipinski definition) is 2. The van der Waals surface area contributed by atoms with Crippen LogP contribution < -0.4 is 15.8 Å². The number of ether oxygens (including phenoxy) is 1. The maximum atomic E-state index is 12.2. The number of primary amides is 1. The highest BCUT2D eigenvalue weighted by Gasteiger charge is 2.13. The van der Waals surface area contributed by atoms with Crippen molar-refractivity contribution in [3.63, 3.8) is 0 Å². The molecule has 21 heavy (non-hydrogen) atoms. The first kappa shape index (κ1) is 15.1. The number of para-hydroxylation sites is 1. The molecular weight excluding hydrogens is 288 g/mol. The molecule has 0 atom stereocenters. The van der Waals surface area contributed by atoms with Crippen molar-refractivity contribution in [1.82, 2.24) is 5.32 Å². The van der Waals surface area contributed by atoms with E-state index in [0.717, 1.165) is 10.4 Å². The van der Waals surface area contributed by atoms with Crippen molar-refractivity contribution >= 4 is 23.2 Å². The molecule has 1 aromatic heterocycles. The highest BCUT2D eigenvalue weighted by molar-refractivity contribution is 7.10. The molecule has 0 spiro atoms. The number of rotatable bonds is 6. The van der Waals surface area contributed by atoms with E-state index in [4.69, 9.17) is 10.5 Å². The van der Waals surface area contributed by atoms with Crippen molar-refractivity contribution in [1.29, 1.82) is 0 Å². The summed E-state index contributed by atoms with van der Waals surface area (Å²) in [7, 11) is 0.